The van der Waals surface area contributed by atoms with E-state index in [9.17, 15) is 4.79 Å². The lowest BCUT2D eigenvalue weighted by Gasteiger charge is -2.02. The Morgan fingerprint density at radius 2 is 1.89 bits per heavy atom. The number of amides is 1. The molecule has 5 heteroatoms. The van der Waals surface area contributed by atoms with Gasteiger partial charge in [0, 0.05) is 10.6 Å². The Morgan fingerprint density at radius 1 is 1.16 bits per heavy atom. The van der Waals surface area contributed by atoms with Gasteiger partial charge in [0.25, 0.3) is 5.91 Å². The molecule has 0 radical (unpaired) electrons. The van der Waals surface area contributed by atoms with E-state index in [2.05, 4.69) is 10.3 Å². The molecule has 1 N–H and O–H groups in total. The Morgan fingerprint density at radius 3 is 2.58 bits per heavy atom. The lowest BCUT2D eigenvalue weighted by Crippen LogP contribution is -2.11. The van der Waals surface area contributed by atoms with E-state index >= 15 is 0 Å². The third kappa shape index (κ3) is 2.52. The number of rotatable bonds is 2. The van der Waals surface area contributed by atoms with Gasteiger partial charge in [0.15, 0.2) is 5.01 Å². The maximum atomic E-state index is 12.1. The van der Waals surface area contributed by atoms with Gasteiger partial charge < -0.3 is 5.32 Å². The summed E-state index contributed by atoms with van der Waals surface area (Å²) in [6, 6.07) is 9.75. The Balaban J connectivity index is 1.83. The predicted octanol–water partition coefficient (Wildman–Crippen LogP) is 4.23. The van der Waals surface area contributed by atoms with Crippen molar-refractivity contribution >= 4 is 43.8 Å². The Bertz CT molecular complexity index is 709. The highest BCUT2D eigenvalue weighted by atomic mass is 32.2. The number of nitrogens with one attached hydrogen (secondary N) is 1. The van der Waals surface area contributed by atoms with Gasteiger partial charge in [-0.25, -0.2) is 4.98 Å². The molecule has 0 fully saturated rings. The highest BCUT2D eigenvalue weighted by Gasteiger charge is 2.13. The van der Waals surface area contributed by atoms with Crippen LogP contribution in [0.25, 0.3) is 9.53 Å². The maximum Gasteiger partial charge on any atom is 0.284 e. The van der Waals surface area contributed by atoms with Crippen LogP contribution in [0.2, 0.25) is 0 Å². The molecule has 0 aliphatic heterocycles. The number of benzene rings is 1. The van der Waals surface area contributed by atoms with Crippen molar-refractivity contribution in [3.05, 3.63) is 45.8 Å². The number of nitrogens with zero attached hydrogens (tertiary/aromatic N) is 1. The predicted molar refractivity (Wildman–Crippen MR) is 81.4 cm³/mol. The molecular formula is C14H12N2OS2. The van der Waals surface area contributed by atoms with Crippen LogP contribution in [0, 0.1) is 13.8 Å². The fourth-order valence-electron chi connectivity index (χ4n) is 1.77. The Kier molecular flexibility index (Phi) is 3.08. The van der Waals surface area contributed by atoms with Gasteiger partial charge in [0.2, 0.25) is 0 Å². The molecule has 1 aromatic carbocycles. The normalized spacial score (nSPS) is 10.8. The highest BCUT2D eigenvalue weighted by molar-refractivity contribution is 7.38. The third-order valence-corrected chi connectivity index (χ3v) is 4.92. The topological polar surface area (TPSA) is 42.0 Å². The van der Waals surface area contributed by atoms with Crippen LogP contribution in [0.4, 0.5) is 5.69 Å². The molecule has 3 nitrogen and oxygen atoms in total. The molecule has 19 heavy (non-hydrogen) atoms. The van der Waals surface area contributed by atoms with Gasteiger partial charge in [-0.2, -0.15) is 0 Å². The standard InChI is InChI=1S/C14H12N2OS2/c1-8-3-5-10(6-4-8)15-12(17)13-16-11-7-9(2)18-14(11)19-13/h3-7H,1-2H3,(H,15,17). The summed E-state index contributed by atoms with van der Waals surface area (Å²) in [5.41, 5.74) is 2.88. The van der Waals surface area contributed by atoms with Crippen molar-refractivity contribution in [2.75, 3.05) is 5.32 Å². The van der Waals surface area contributed by atoms with Crippen LogP contribution in [-0.4, -0.2) is 10.9 Å². The molecular weight excluding hydrogens is 276 g/mol. The molecule has 0 aliphatic carbocycles. The van der Waals surface area contributed by atoms with Crippen molar-refractivity contribution in [3.8, 4) is 0 Å². The Hall–Kier alpha value is -1.72. The van der Waals surface area contributed by atoms with Gasteiger partial charge in [-0.05, 0) is 32.0 Å². The third-order valence-electron chi connectivity index (χ3n) is 2.72. The van der Waals surface area contributed by atoms with Crippen molar-refractivity contribution in [2.24, 2.45) is 0 Å². The fourth-order valence-corrected chi connectivity index (χ4v) is 3.91. The first-order chi connectivity index (χ1) is 9.11. The van der Waals surface area contributed by atoms with Crippen molar-refractivity contribution in [3.63, 3.8) is 0 Å². The number of hydrogen-bond acceptors (Lipinski definition) is 4. The van der Waals surface area contributed by atoms with Gasteiger partial charge in [0.05, 0.1) is 5.52 Å². The quantitative estimate of drug-likeness (QED) is 0.767. The van der Waals surface area contributed by atoms with E-state index in [0.717, 1.165) is 15.2 Å². The van der Waals surface area contributed by atoms with Crippen LogP contribution in [-0.2, 0) is 0 Å². The van der Waals surface area contributed by atoms with E-state index in [0.29, 0.717) is 5.01 Å². The van der Waals surface area contributed by atoms with Crippen molar-refractivity contribution < 1.29 is 4.79 Å². The summed E-state index contributed by atoms with van der Waals surface area (Å²) in [4.78, 5) is 17.7. The highest BCUT2D eigenvalue weighted by Crippen LogP contribution is 2.30. The number of thiophene rings is 1. The first-order valence-electron chi connectivity index (χ1n) is 5.87. The molecule has 0 atom stereocenters. The summed E-state index contributed by atoms with van der Waals surface area (Å²) < 4.78 is 1.10. The average Bonchev–Trinajstić information content (AvgIpc) is 2.89. The van der Waals surface area contributed by atoms with E-state index in [1.807, 2.05) is 44.2 Å². The number of aryl methyl sites for hydroxylation is 2. The molecule has 0 spiro atoms. The number of fused-ring (bicyclic) bond motifs is 1. The second-order valence-corrected chi connectivity index (χ2v) is 6.88. The van der Waals surface area contributed by atoms with Crippen LogP contribution in [0.3, 0.4) is 0 Å². The molecule has 2 heterocycles. The smallest absolute Gasteiger partial charge is 0.284 e. The zero-order valence-electron chi connectivity index (χ0n) is 10.6. The minimum absolute atomic E-state index is 0.144. The summed E-state index contributed by atoms with van der Waals surface area (Å²) in [5, 5.41) is 3.38. The van der Waals surface area contributed by atoms with Gasteiger partial charge in [-0.1, -0.05) is 29.0 Å². The zero-order chi connectivity index (χ0) is 13.4. The SMILES string of the molecule is Cc1ccc(NC(=O)c2nc3cc(C)sc3s2)cc1. The molecule has 0 aliphatic rings. The van der Waals surface area contributed by atoms with Gasteiger partial charge in [-0.15, -0.1) is 11.3 Å². The number of thiazole rings is 1. The van der Waals surface area contributed by atoms with E-state index in [1.54, 1.807) is 11.3 Å². The summed E-state index contributed by atoms with van der Waals surface area (Å²) in [7, 11) is 0. The van der Waals surface area contributed by atoms with Gasteiger partial charge >= 0.3 is 0 Å². The Labute approximate surface area is 118 Å². The van der Waals surface area contributed by atoms with E-state index < -0.39 is 0 Å². The van der Waals surface area contributed by atoms with Crippen LogP contribution in [0.5, 0.6) is 0 Å². The molecule has 0 saturated heterocycles. The molecule has 0 bridgehead atoms. The number of hydrogen-bond donors (Lipinski definition) is 1. The van der Waals surface area contributed by atoms with Crippen LogP contribution < -0.4 is 5.32 Å². The van der Waals surface area contributed by atoms with Crippen LogP contribution >= 0.6 is 22.7 Å². The van der Waals surface area contributed by atoms with Crippen molar-refractivity contribution in [1.29, 1.82) is 0 Å². The minimum atomic E-state index is -0.144. The summed E-state index contributed by atoms with van der Waals surface area (Å²) in [5.74, 6) is -0.144. The zero-order valence-corrected chi connectivity index (χ0v) is 12.2. The minimum Gasteiger partial charge on any atom is -0.320 e. The molecule has 1 amide bonds. The molecule has 0 unspecified atom stereocenters. The number of aromatic nitrogens is 1. The first kappa shape index (κ1) is 12.3. The average molecular weight is 288 g/mol. The second kappa shape index (κ2) is 4.75. The van der Waals surface area contributed by atoms with Crippen LogP contribution in [0.15, 0.2) is 30.3 Å². The lowest BCUT2D eigenvalue weighted by molar-refractivity contribution is 0.102. The maximum absolute atomic E-state index is 12.1. The molecule has 3 rings (SSSR count). The monoisotopic (exact) mass is 288 g/mol. The largest absolute Gasteiger partial charge is 0.320 e. The van der Waals surface area contributed by atoms with Gasteiger partial charge in [0.1, 0.15) is 4.01 Å². The van der Waals surface area contributed by atoms with E-state index in [-0.39, 0.29) is 5.91 Å². The van der Waals surface area contributed by atoms with E-state index in [1.165, 1.54) is 21.8 Å². The number of anilines is 1. The lowest BCUT2D eigenvalue weighted by atomic mass is 10.2. The van der Waals surface area contributed by atoms with Crippen molar-refractivity contribution in [2.45, 2.75) is 13.8 Å². The summed E-state index contributed by atoms with van der Waals surface area (Å²) in [6.45, 7) is 4.06. The number of carbonyl (C=O) groups excluding carboxylic acids is 1. The number of carbonyl (C=O) groups is 1. The second-order valence-electron chi connectivity index (χ2n) is 4.37. The molecule has 3 aromatic rings. The van der Waals surface area contributed by atoms with Crippen LogP contribution in [0.1, 0.15) is 20.2 Å². The molecule has 2 aromatic heterocycles. The summed E-state index contributed by atoms with van der Waals surface area (Å²) in [6.07, 6.45) is 0. The molecule has 0 saturated carbocycles. The first-order valence-corrected chi connectivity index (χ1v) is 7.50. The van der Waals surface area contributed by atoms with Gasteiger partial charge in [-0.3, -0.25) is 4.79 Å². The summed E-state index contributed by atoms with van der Waals surface area (Å²) >= 11 is 3.12. The van der Waals surface area contributed by atoms with E-state index in [4.69, 9.17) is 0 Å². The fraction of sp³-hybridized carbons (Fsp3) is 0.143. The van der Waals surface area contributed by atoms with Crippen molar-refractivity contribution in [1.82, 2.24) is 4.98 Å². The molecule has 96 valence electrons.